The van der Waals surface area contributed by atoms with Crippen molar-refractivity contribution in [3.63, 3.8) is 0 Å². The monoisotopic (exact) mass is 347 g/mol. The summed E-state index contributed by atoms with van der Waals surface area (Å²) < 4.78 is 5.29. The van der Waals surface area contributed by atoms with Crippen LogP contribution in [-0.4, -0.2) is 34.9 Å². The molecule has 132 valence electrons. The molecule has 3 aromatic rings. The Kier molecular flexibility index (Phi) is 4.31. The number of aromatic amines is 1. The minimum Gasteiger partial charge on any atom is -0.497 e. The number of rotatable bonds is 5. The number of H-pyrrole nitrogens is 1. The third-order valence-electron chi connectivity index (χ3n) is 4.65. The Morgan fingerprint density at radius 1 is 1.27 bits per heavy atom. The summed E-state index contributed by atoms with van der Waals surface area (Å²) in [6.45, 7) is 5.20. The van der Waals surface area contributed by atoms with Gasteiger partial charge in [-0.3, -0.25) is 10.1 Å². The van der Waals surface area contributed by atoms with E-state index in [4.69, 9.17) is 4.74 Å². The first-order chi connectivity index (χ1) is 12.7. The lowest BCUT2D eigenvalue weighted by molar-refractivity contribution is 0.415. The van der Waals surface area contributed by atoms with Crippen molar-refractivity contribution in [1.29, 1.82) is 0 Å². The highest BCUT2D eigenvalue weighted by molar-refractivity contribution is 5.62. The van der Waals surface area contributed by atoms with Gasteiger partial charge in [0, 0.05) is 35.8 Å². The van der Waals surface area contributed by atoms with E-state index >= 15 is 0 Å². The minimum absolute atomic E-state index is 0.190. The van der Waals surface area contributed by atoms with Gasteiger partial charge in [0.05, 0.1) is 36.9 Å². The summed E-state index contributed by atoms with van der Waals surface area (Å²) in [7, 11) is 1.68. The number of aromatic nitrogens is 3. The molecule has 4 rings (SSSR count). The first kappa shape index (κ1) is 16.2. The summed E-state index contributed by atoms with van der Waals surface area (Å²) in [5, 5.41) is 10.3. The lowest BCUT2D eigenvalue weighted by Crippen LogP contribution is -2.22. The molecule has 3 heterocycles. The molecule has 0 saturated carbocycles. The zero-order valence-corrected chi connectivity index (χ0v) is 14.6. The summed E-state index contributed by atoms with van der Waals surface area (Å²) in [6.07, 6.45) is 6.48. The molecule has 1 fully saturated rings. The van der Waals surface area contributed by atoms with Crippen molar-refractivity contribution in [3.8, 4) is 17.0 Å². The van der Waals surface area contributed by atoms with E-state index in [1.807, 2.05) is 42.7 Å². The number of nitrogens with one attached hydrogen (secondary N) is 2. The Morgan fingerprint density at radius 3 is 2.92 bits per heavy atom. The van der Waals surface area contributed by atoms with Crippen molar-refractivity contribution in [2.75, 3.05) is 23.9 Å². The number of anilines is 2. The fourth-order valence-corrected chi connectivity index (χ4v) is 3.23. The van der Waals surface area contributed by atoms with Crippen LogP contribution in [0.25, 0.3) is 11.3 Å². The molecule has 6 nitrogen and oxygen atoms in total. The van der Waals surface area contributed by atoms with Crippen LogP contribution in [0.2, 0.25) is 0 Å². The van der Waals surface area contributed by atoms with Crippen LogP contribution in [0.3, 0.4) is 0 Å². The third kappa shape index (κ3) is 3.13. The second-order valence-corrected chi connectivity index (χ2v) is 6.25. The number of hydrogen-bond donors (Lipinski definition) is 2. The van der Waals surface area contributed by atoms with Crippen LogP contribution in [0.5, 0.6) is 5.75 Å². The van der Waals surface area contributed by atoms with E-state index in [-0.39, 0.29) is 6.04 Å². The quantitative estimate of drug-likeness (QED) is 0.737. The fourth-order valence-electron chi connectivity index (χ4n) is 3.23. The Hall–Kier alpha value is -3.28. The largest absolute Gasteiger partial charge is 0.497 e. The maximum Gasteiger partial charge on any atom is 0.120 e. The average Bonchev–Trinajstić information content (AvgIpc) is 3.33. The van der Waals surface area contributed by atoms with Crippen molar-refractivity contribution in [2.24, 2.45) is 0 Å². The molecule has 0 radical (unpaired) electrons. The average molecular weight is 347 g/mol. The van der Waals surface area contributed by atoms with Gasteiger partial charge in [0.2, 0.25) is 0 Å². The molecule has 26 heavy (non-hydrogen) atoms. The van der Waals surface area contributed by atoms with Gasteiger partial charge in [-0.25, -0.2) is 0 Å². The standard InChI is InChI=1S/C20H21N5O/c1-14-19(24-16-4-3-5-18(10-16)26-2)8-9-25(14)17-6-7-20(21-13-17)15-11-22-23-12-15/h3-7,10-13,19,24H,1,8-9H2,2H3,(H,22,23). The number of hydrogen-bond acceptors (Lipinski definition) is 5. The van der Waals surface area contributed by atoms with Gasteiger partial charge in [0.25, 0.3) is 0 Å². The molecule has 1 aliphatic rings. The molecule has 0 aliphatic carbocycles. The Labute approximate surface area is 152 Å². The molecule has 2 aromatic heterocycles. The van der Waals surface area contributed by atoms with Gasteiger partial charge < -0.3 is 15.0 Å². The van der Waals surface area contributed by atoms with E-state index in [0.29, 0.717) is 0 Å². The molecule has 6 heteroatoms. The maximum atomic E-state index is 5.29. The molecular formula is C20H21N5O. The maximum absolute atomic E-state index is 5.29. The van der Waals surface area contributed by atoms with Crippen molar-refractivity contribution < 1.29 is 4.74 Å². The van der Waals surface area contributed by atoms with Crippen LogP contribution in [-0.2, 0) is 0 Å². The molecular weight excluding hydrogens is 326 g/mol. The SMILES string of the molecule is C=C1C(Nc2cccc(OC)c2)CCN1c1ccc(-c2cn[nH]c2)nc1. The second kappa shape index (κ2) is 6.92. The highest BCUT2D eigenvalue weighted by Gasteiger charge is 2.27. The van der Waals surface area contributed by atoms with Gasteiger partial charge >= 0.3 is 0 Å². The second-order valence-electron chi connectivity index (χ2n) is 6.25. The van der Waals surface area contributed by atoms with Crippen LogP contribution in [0.15, 0.2) is 67.3 Å². The predicted molar refractivity (Wildman–Crippen MR) is 103 cm³/mol. The first-order valence-corrected chi connectivity index (χ1v) is 8.57. The van der Waals surface area contributed by atoms with E-state index < -0.39 is 0 Å². The van der Waals surface area contributed by atoms with E-state index in [2.05, 4.69) is 38.0 Å². The molecule has 0 spiro atoms. The van der Waals surface area contributed by atoms with Crippen molar-refractivity contribution in [3.05, 3.63) is 67.3 Å². The first-order valence-electron chi connectivity index (χ1n) is 8.57. The molecule has 1 atom stereocenters. The van der Waals surface area contributed by atoms with Gasteiger partial charge in [0.1, 0.15) is 5.75 Å². The smallest absolute Gasteiger partial charge is 0.120 e. The van der Waals surface area contributed by atoms with Crippen molar-refractivity contribution in [2.45, 2.75) is 12.5 Å². The number of pyridine rings is 1. The van der Waals surface area contributed by atoms with Gasteiger partial charge in [0.15, 0.2) is 0 Å². The number of benzene rings is 1. The van der Waals surface area contributed by atoms with E-state index in [9.17, 15) is 0 Å². The van der Waals surface area contributed by atoms with Crippen LogP contribution in [0.1, 0.15) is 6.42 Å². The van der Waals surface area contributed by atoms with Crippen LogP contribution in [0, 0.1) is 0 Å². The zero-order chi connectivity index (χ0) is 17.9. The van der Waals surface area contributed by atoms with Gasteiger partial charge in [-0.15, -0.1) is 0 Å². The fraction of sp³-hybridized carbons (Fsp3) is 0.200. The number of methoxy groups -OCH3 is 1. The zero-order valence-electron chi connectivity index (χ0n) is 14.6. The summed E-state index contributed by atoms with van der Waals surface area (Å²) in [5.41, 5.74) is 5.02. The van der Waals surface area contributed by atoms with Crippen LogP contribution < -0.4 is 15.0 Å². The Balaban J connectivity index is 1.46. The van der Waals surface area contributed by atoms with Gasteiger partial charge in [-0.1, -0.05) is 12.6 Å². The highest BCUT2D eigenvalue weighted by Crippen LogP contribution is 2.30. The highest BCUT2D eigenvalue weighted by atomic mass is 16.5. The van der Waals surface area contributed by atoms with E-state index in [1.54, 1.807) is 13.3 Å². The number of nitrogens with zero attached hydrogens (tertiary/aromatic N) is 3. The Morgan fingerprint density at radius 2 is 2.19 bits per heavy atom. The van der Waals surface area contributed by atoms with Crippen molar-refractivity contribution in [1.82, 2.24) is 15.2 Å². The molecule has 2 N–H and O–H groups in total. The molecule has 0 amide bonds. The summed E-state index contributed by atoms with van der Waals surface area (Å²) in [6, 6.07) is 12.2. The molecule has 1 saturated heterocycles. The normalized spacial score (nSPS) is 16.7. The van der Waals surface area contributed by atoms with Gasteiger partial charge in [-0.2, -0.15) is 5.10 Å². The summed E-state index contributed by atoms with van der Waals surface area (Å²) in [4.78, 5) is 6.76. The number of ether oxygens (including phenoxy) is 1. The molecule has 1 unspecified atom stereocenters. The van der Waals surface area contributed by atoms with Crippen molar-refractivity contribution >= 4 is 11.4 Å². The lowest BCUT2D eigenvalue weighted by atomic mass is 10.2. The topological polar surface area (TPSA) is 66.1 Å². The minimum atomic E-state index is 0.190. The third-order valence-corrected chi connectivity index (χ3v) is 4.65. The van der Waals surface area contributed by atoms with Gasteiger partial charge in [-0.05, 0) is 30.7 Å². The van der Waals surface area contributed by atoms with Crippen LogP contribution >= 0.6 is 0 Å². The van der Waals surface area contributed by atoms with E-state index in [0.717, 1.165) is 47.0 Å². The molecule has 0 bridgehead atoms. The molecule has 1 aromatic carbocycles. The lowest BCUT2D eigenvalue weighted by Gasteiger charge is -2.22. The summed E-state index contributed by atoms with van der Waals surface area (Å²) in [5.74, 6) is 0.842. The van der Waals surface area contributed by atoms with E-state index in [1.165, 1.54) is 0 Å². The molecule has 1 aliphatic heterocycles. The predicted octanol–water partition coefficient (Wildman–Crippen LogP) is 3.68. The Bertz CT molecular complexity index is 889. The van der Waals surface area contributed by atoms with Crippen LogP contribution in [0.4, 0.5) is 11.4 Å². The summed E-state index contributed by atoms with van der Waals surface area (Å²) >= 11 is 0.